The zero-order valence-corrected chi connectivity index (χ0v) is 17.9. The van der Waals surface area contributed by atoms with Crippen LogP contribution in [-0.2, 0) is 4.79 Å². The number of rotatable bonds is 7. The number of benzene rings is 2. The third-order valence-corrected chi connectivity index (χ3v) is 5.54. The molecule has 1 saturated heterocycles. The van der Waals surface area contributed by atoms with Gasteiger partial charge in [0.1, 0.15) is 4.32 Å². The number of nitrogens with zero attached hydrogens (tertiary/aromatic N) is 2. The lowest BCUT2D eigenvalue weighted by Crippen LogP contribution is -2.27. The van der Waals surface area contributed by atoms with Crippen LogP contribution < -0.4 is 9.47 Å². The molecule has 10 heteroatoms. The van der Waals surface area contributed by atoms with Crippen LogP contribution in [0.2, 0.25) is 0 Å². The fourth-order valence-corrected chi connectivity index (χ4v) is 3.98. The molecule has 31 heavy (non-hydrogen) atoms. The number of nitro benzene ring substituents is 1. The molecule has 158 valence electrons. The van der Waals surface area contributed by atoms with Crippen molar-refractivity contribution in [3.05, 3.63) is 81.3 Å². The predicted octanol–water partition coefficient (Wildman–Crippen LogP) is 4.21. The fraction of sp³-hybridized carbons (Fsp3) is 0.0952. The van der Waals surface area contributed by atoms with Gasteiger partial charge in [0, 0.05) is 18.7 Å². The number of nitro groups is 1. The minimum Gasteiger partial charge on any atom is -0.493 e. The second-order valence-electron chi connectivity index (χ2n) is 6.19. The van der Waals surface area contributed by atoms with E-state index < -0.39 is 10.9 Å². The lowest BCUT2D eigenvalue weighted by Gasteiger charge is -2.11. The Labute approximate surface area is 187 Å². The Morgan fingerprint density at radius 2 is 2.06 bits per heavy atom. The molecule has 0 aliphatic carbocycles. The summed E-state index contributed by atoms with van der Waals surface area (Å²) < 4.78 is 11.1. The van der Waals surface area contributed by atoms with Gasteiger partial charge in [-0.2, -0.15) is 0 Å². The van der Waals surface area contributed by atoms with Crippen molar-refractivity contribution in [3.8, 4) is 11.5 Å². The van der Waals surface area contributed by atoms with Gasteiger partial charge in [-0.05, 0) is 29.8 Å². The van der Waals surface area contributed by atoms with Crippen molar-refractivity contribution >= 4 is 51.9 Å². The van der Waals surface area contributed by atoms with Gasteiger partial charge in [0.05, 0.1) is 22.5 Å². The van der Waals surface area contributed by atoms with Crippen LogP contribution in [0, 0.1) is 10.1 Å². The van der Waals surface area contributed by atoms with Gasteiger partial charge in [0.2, 0.25) is 0 Å². The molecule has 1 amide bonds. The van der Waals surface area contributed by atoms with Crippen LogP contribution in [-0.4, -0.2) is 39.7 Å². The van der Waals surface area contributed by atoms with Gasteiger partial charge < -0.3 is 9.47 Å². The van der Waals surface area contributed by atoms with E-state index in [1.807, 2.05) is 0 Å². The normalized spacial score (nSPS) is 14.6. The summed E-state index contributed by atoms with van der Waals surface area (Å²) in [7, 11) is 1.41. The molecule has 0 saturated carbocycles. The molecule has 3 rings (SSSR count). The predicted molar refractivity (Wildman–Crippen MR) is 121 cm³/mol. The lowest BCUT2D eigenvalue weighted by molar-refractivity contribution is -0.384. The number of thiocarbonyl (C=S) groups is 1. The number of esters is 1. The van der Waals surface area contributed by atoms with Crippen molar-refractivity contribution in [1.82, 2.24) is 4.90 Å². The Kier molecular flexibility index (Phi) is 6.83. The van der Waals surface area contributed by atoms with Crippen LogP contribution in [0.4, 0.5) is 5.69 Å². The summed E-state index contributed by atoms with van der Waals surface area (Å²) in [6.45, 7) is 3.95. The largest absolute Gasteiger partial charge is 0.493 e. The van der Waals surface area contributed by atoms with Crippen LogP contribution >= 0.6 is 24.0 Å². The molecule has 0 unspecified atom stereocenters. The Hall–Kier alpha value is -3.50. The highest BCUT2D eigenvalue weighted by Gasteiger charge is 2.31. The van der Waals surface area contributed by atoms with E-state index in [1.165, 1.54) is 48.0 Å². The van der Waals surface area contributed by atoms with E-state index in [4.69, 9.17) is 21.7 Å². The fourth-order valence-electron chi connectivity index (χ4n) is 2.70. The average molecular weight is 457 g/mol. The maximum absolute atomic E-state index is 12.5. The number of carbonyl (C=O) groups is 2. The molecular weight excluding hydrogens is 440 g/mol. The van der Waals surface area contributed by atoms with Gasteiger partial charge in [-0.3, -0.25) is 19.8 Å². The summed E-state index contributed by atoms with van der Waals surface area (Å²) in [6.07, 6.45) is 3.26. The summed E-state index contributed by atoms with van der Waals surface area (Å²) >= 11 is 6.41. The van der Waals surface area contributed by atoms with Gasteiger partial charge >= 0.3 is 5.97 Å². The molecule has 2 aromatic rings. The Morgan fingerprint density at radius 1 is 1.29 bits per heavy atom. The zero-order valence-electron chi connectivity index (χ0n) is 16.3. The quantitative estimate of drug-likeness (QED) is 0.116. The van der Waals surface area contributed by atoms with E-state index in [2.05, 4.69) is 6.58 Å². The highest BCUT2D eigenvalue weighted by atomic mass is 32.2. The van der Waals surface area contributed by atoms with E-state index >= 15 is 0 Å². The minimum atomic E-state index is -0.764. The highest BCUT2D eigenvalue weighted by Crippen LogP contribution is 2.35. The van der Waals surface area contributed by atoms with Gasteiger partial charge in [-0.25, -0.2) is 4.79 Å². The van der Waals surface area contributed by atoms with Crippen LogP contribution in [0.5, 0.6) is 11.5 Å². The van der Waals surface area contributed by atoms with Crippen molar-refractivity contribution in [2.45, 2.75) is 0 Å². The first-order valence-electron chi connectivity index (χ1n) is 8.85. The number of hydrogen-bond acceptors (Lipinski definition) is 8. The molecule has 0 N–H and O–H groups in total. The first-order chi connectivity index (χ1) is 14.8. The molecule has 1 fully saturated rings. The molecule has 8 nitrogen and oxygen atoms in total. The maximum atomic E-state index is 12.5. The topological polar surface area (TPSA) is 99.0 Å². The van der Waals surface area contributed by atoms with E-state index in [0.717, 1.165) is 6.07 Å². The molecule has 0 aromatic heterocycles. The SMILES string of the molecule is C=CCN1C(=O)/C(=C\c2ccc(OC(=O)c3cccc([N+](=O)[O-])c3)c(OC)c2)SC1=S. The summed E-state index contributed by atoms with van der Waals surface area (Å²) in [5.74, 6) is -0.584. The third-order valence-electron chi connectivity index (χ3n) is 4.17. The van der Waals surface area contributed by atoms with E-state index in [-0.39, 0.29) is 28.7 Å². The minimum absolute atomic E-state index is 0.0335. The number of carbonyl (C=O) groups excluding carboxylic acids is 2. The van der Waals surface area contributed by atoms with Crippen molar-refractivity contribution in [1.29, 1.82) is 0 Å². The number of hydrogen-bond donors (Lipinski definition) is 0. The molecule has 0 spiro atoms. The summed E-state index contributed by atoms with van der Waals surface area (Å²) in [6, 6.07) is 10.0. The van der Waals surface area contributed by atoms with Gasteiger partial charge in [0.25, 0.3) is 11.6 Å². The number of methoxy groups -OCH3 is 1. The van der Waals surface area contributed by atoms with Gasteiger partial charge in [0.15, 0.2) is 11.5 Å². The molecule has 2 aromatic carbocycles. The number of non-ortho nitro benzene ring substituents is 1. The van der Waals surface area contributed by atoms with Gasteiger partial charge in [-0.1, -0.05) is 42.2 Å². The summed E-state index contributed by atoms with van der Waals surface area (Å²) in [5.41, 5.74) is 0.461. The lowest BCUT2D eigenvalue weighted by atomic mass is 10.1. The second kappa shape index (κ2) is 9.54. The number of ether oxygens (including phenoxy) is 2. The summed E-state index contributed by atoms with van der Waals surface area (Å²) in [4.78, 5) is 37.1. The molecule has 0 atom stereocenters. The summed E-state index contributed by atoms with van der Waals surface area (Å²) in [5, 5.41) is 10.9. The van der Waals surface area contributed by atoms with Crippen molar-refractivity contribution in [2.24, 2.45) is 0 Å². The molecule has 0 bridgehead atoms. The Morgan fingerprint density at radius 3 is 2.74 bits per heavy atom. The highest BCUT2D eigenvalue weighted by molar-refractivity contribution is 8.26. The molecule has 0 radical (unpaired) electrons. The first kappa shape index (κ1) is 22.2. The molecular formula is C21H16N2O6S2. The first-order valence-corrected chi connectivity index (χ1v) is 10.1. The Balaban J connectivity index is 1.82. The van der Waals surface area contributed by atoms with E-state index in [0.29, 0.717) is 21.3 Å². The van der Waals surface area contributed by atoms with Crippen LogP contribution in [0.25, 0.3) is 6.08 Å². The van der Waals surface area contributed by atoms with Crippen molar-refractivity contribution in [3.63, 3.8) is 0 Å². The molecule has 1 aliphatic heterocycles. The number of amides is 1. The van der Waals surface area contributed by atoms with Crippen LogP contribution in [0.1, 0.15) is 15.9 Å². The van der Waals surface area contributed by atoms with E-state index in [9.17, 15) is 19.7 Å². The van der Waals surface area contributed by atoms with Crippen LogP contribution in [0.15, 0.2) is 60.0 Å². The smallest absolute Gasteiger partial charge is 0.343 e. The van der Waals surface area contributed by atoms with Gasteiger partial charge in [-0.15, -0.1) is 6.58 Å². The maximum Gasteiger partial charge on any atom is 0.343 e. The monoisotopic (exact) mass is 456 g/mol. The average Bonchev–Trinajstić information content (AvgIpc) is 3.02. The number of thioether (sulfide) groups is 1. The Bertz CT molecular complexity index is 1130. The zero-order chi connectivity index (χ0) is 22.5. The second-order valence-corrected chi connectivity index (χ2v) is 7.86. The third kappa shape index (κ3) is 4.98. The molecule has 1 aliphatic rings. The van der Waals surface area contributed by atoms with E-state index in [1.54, 1.807) is 24.3 Å². The standard InChI is InChI=1S/C21H16N2O6S2/c1-3-9-22-19(24)18(31-21(22)30)11-13-7-8-16(17(10-13)28-2)29-20(25)14-5-4-6-15(12-14)23(26)27/h3-8,10-12H,1,9H2,2H3/b18-11+. The van der Waals surface area contributed by atoms with Crippen molar-refractivity contribution < 1.29 is 24.0 Å². The van der Waals surface area contributed by atoms with Crippen molar-refractivity contribution in [2.75, 3.05) is 13.7 Å². The molecule has 1 heterocycles. The van der Waals surface area contributed by atoms with Crippen LogP contribution in [0.3, 0.4) is 0 Å².